The van der Waals surface area contributed by atoms with Gasteiger partial charge in [0.15, 0.2) is 17.6 Å². The maximum atomic E-state index is 13.0. The first-order valence-corrected chi connectivity index (χ1v) is 9.04. The summed E-state index contributed by atoms with van der Waals surface area (Å²) < 4.78 is 17.3. The molecule has 1 aromatic carbocycles. The van der Waals surface area contributed by atoms with Crippen LogP contribution in [0.15, 0.2) is 23.0 Å². The van der Waals surface area contributed by atoms with Gasteiger partial charge in [-0.1, -0.05) is 0 Å². The number of carbonyl (C=O) groups is 1. The van der Waals surface area contributed by atoms with E-state index in [1.54, 1.807) is 18.2 Å². The topological polar surface area (TPSA) is 120 Å². The fourth-order valence-corrected chi connectivity index (χ4v) is 4.28. The van der Waals surface area contributed by atoms with Gasteiger partial charge >= 0.3 is 5.97 Å². The Bertz CT molecular complexity index is 1310. The number of hydrogen-bond donors (Lipinski definition) is 2. The molecule has 0 aliphatic carbocycles. The largest absolute Gasteiger partial charge is 0.458 e. The minimum atomic E-state index is -1.51. The summed E-state index contributed by atoms with van der Waals surface area (Å²) in [5.74, 6) is 0.360. The molecular weight excluding hydrogens is 380 g/mol. The Morgan fingerprint density at radius 3 is 2.69 bits per heavy atom. The molecule has 0 unspecified atom stereocenters. The molecule has 0 amide bonds. The molecule has 0 saturated carbocycles. The van der Waals surface area contributed by atoms with Crippen molar-refractivity contribution in [1.29, 1.82) is 0 Å². The van der Waals surface area contributed by atoms with Crippen LogP contribution in [0.1, 0.15) is 28.4 Å². The van der Waals surface area contributed by atoms with Gasteiger partial charge in [0.05, 0.1) is 35.6 Å². The number of nitrogens with zero attached hydrogens (tertiary/aromatic N) is 2. The molecule has 9 heteroatoms. The predicted molar refractivity (Wildman–Crippen MR) is 97.3 cm³/mol. The summed E-state index contributed by atoms with van der Waals surface area (Å²) in [7, 11) is 0. The zero-order valence-corrected chi connectivity index (χ0v) is 15.0. The fraction of sp³-hybridized carbons (Fsp3) is 0.250. The maximum absolute atomic E-state index is 13.0. The highest BCUT2D eigenvalue weighted by atomic mass is 16.7. The molecule has 1 atom stereocenters. The van der Waals surface area contributed by atoms with Crippen LogP contribution in [0.25, 0.3) is 22.3 Å². The molecule has 2 aromatic heterocycles. The lowest BCUT2D eigenvalue weighted by atomic mass is 9.98. The van der Waals surface area contributed by atoms with Crippen LogP contribution in [-0.4, -0.2) is 32.5 Å². The summed E-state index contributed by atoms with van der Waals surface area (Å²) in [6, 6.07) is 5.13. The van der Waals surface area contributed by atoms with Gasteiger partial charge in [0, 0.05) is 22.6 Å². The average molecular weight is 394 g/mol. The van der Waals surface area contributed by atoms with Crippen molar-refractivity contribution in [2.45, 2.75) is 25.9 Å². The van der Waals surface area contributed by atoms with Crippen LogP contribution >= 0.6 is 0 Å². The molecule has 9 nitrogen and oxygen atoms in total. The smallest absolute Gasteiger partial charge is 0.340 e. The molecule has 3 aliphatic rings. The number of fused-ring (bicyclic) bond motifs is 6. The Hall–Kier alpha value is -3.43. The van der Waals surface area contributed by atoms with Gasteiger partial charge in [0.2, 0.25) is 6.79 Å². The highest BCUT2D eigenvalue weighted by molar-refractivity contribution is 5.91. The number of aliphatic hydroxyl groups is 2. The van der Waals surface area contributed by atoms with Gasteiger partial charge in [-0.05, 0) is 17.7 Å². The third-order valence-corrected chi connectivity index (χ3v) is 5.73. The number of esters is 1. The predicted octanol–water partition coefficient (Wildman–Crippen LogP) is 0.736. The second kappa shape index (κ2) is 5.56. The van der Waals surface area contributed by atoms with E-state index in [-0.39, 0.29) is 43.2 Å². The number of cyclic esters (lactones) is 1. The molecule has 29 heavy (non-hydrogen) atoms. The number of carbonyl (C=O) groups excluding carboxylic acids is 1. The Morgan fingerprint density at radius 2 is 1.90 bits per heavy atom. The number of benzene rings is 1. The van der Waals surface area contributed by atoms with Crippen LogP contribution < -0.4 is 15.0 Å². The second-order valence-electron chi connectivity index (χ2n) is 7.16. The first-order chi connectivity index (χ1) is 14.1. The Balaban J connectivity index is 1.65. The molecule has 5 heterocycles. The van der Waals surface area contributed by atoms with E-state index in [1.807, 2.05) is 0 Å². The van der Waals surface area contributed by atoms with E-state index in [4.69, 9.17) is 19.2 Å². The quantitative estimate of drug-likeness (QED) is 0.454. The number of hydrogen-bond acceptors (Lipinski definition) is 8. The lowest BCUT2D eigenvalue weighted by Crippen LogP contribution is -2.32. The number of aromatic nitrogens is 2. The highest BCUT2D eigenvalue weighted by Gasteiger charge is 2.34. The molecule has 0 bridgehead atoms. The van der Waals surface area contributed by atoms with Crippen LogP contribution in [0, 0.1) is 0 Å². The van der Waals surface area contributed by atoms with Crippen molar-refractivity contribution in [2.24, 2.45) is 0 Å². The van der Waals surface area contributed by atoms with E-state index in [0.717, 1.165) is 10.9 Å². The number of ether oxygens (including phenoxy) is 3. The van der Waals surface area contributed by atoms with Crippen molar-refractivity contribution in [3.63, 3.8) is 0 Å². The second-order valence-corrected chi connectivity index (χ2v) is 7.16. The minimum absolute atomic E-state index is 0.123. The molecule has 146 valence electrons. The molecule has 0 radical (unpaired) electrons. The summed E-state index contributed by atoms with van der Waals surface area (Å²) in [5, 5.41) is 21.0. The summed E-state index contributed by atoms with van der Waals surface area (Å²) in [4.78, 5) is 29.5. The molecule has 3 aromatic rings. The minimum Gasteiger partial charge on any atom is -0.458 e. The van der Waals surface area contributed by atoms with Crippen molar-refractivity contribution < 1.29 is 29.2 Å². The molecule has 0 spiro atoms. The van der Waals surface area contributed by atoms with Gasteiger partial charge in [-0.25, -0.2) is 9.78 Å². The summed E-state index contributed by atoms with van der Waals surface area (Å²) in [6.07, 6.45) is -1.51. The molecular formula is C20H14N2O7. The van der Waals surface area contributed by atoms with E-state index < -0.39 is 12.1 Å². The molecule has 6 rings (SSSR count). The number of aliphatic hydroxyl groups excluding tert-OH is 2. The van der Waals surface area contributed by atoms with E-state index >= 15 is 0 Å². The van der Waals surface area contributed by atoms with Gasteiger partial charge < -0.3 is 29.0 Å². The lowest BCUT2D eigenvalue weighted by Gasteiger charge is -2.21. The third kappa shape index (κ3) is 2.08. The van der Waals surface area contributed by atoms with Gasteiger partial charge in [-0.3, -0.25) is 4.79 Å². The fourth-order valence-electron chi connectivity index (χ4n) is 4.28. The van der Waals surface area contributed by atoms with E-state index in [1.165, 1.54) is 4.57 Å². The number of rotatable bonds is 1. The van der Waals surface area contributed by atoms with E-state index in [2.05, 4.69) is 0 Å². The summed E-state index contributed by atoms with van der Waals surface area (Å²) in [6.45, 7) is -0.0652. The highest BCUT2D eigenvalue weighted by Crippen LogP contribution is 2.42. The van der Waals surface area contributed by atoms with Gasteiger partial charge in [0.1, 0.15) is 6.61 Å². The van der Waals surface area contributed by atoms with Crippen molar-refractivity contribution in [3.05, 3.63) is 50.8 Å². The monoisotopic (exact) mass is 394 g/mol. The molecule has 0 fully saturated rings. The first-order valence-electron chi connectivity index (χ1n) is 9.04. The van der Waals surface area contributed by atoms with Crippen LogP contribution in [0.4, 0.5) is 0 Å². The van der Waals surface area contributed by atoms with Crippen molar-refractivity contribution in [1.82, 2.24) is 9.55 Å². The summed E-state index contributed by atoms with van der Waals surface area (Å²) >= 11 is 0. The van der Waals surface area contributed by atoms with Gasteiger partial charge in [0.25, 0.3) is 5.56 Å². The average Bonchev–Trinajstić information content (AvgIpc) is 3.32. The number of pyridine rings is 2. The molecule has 0 saturated heterocycles. The maximum Gasteiger partial charge on any atom is 0.340 e. The van der Waals surface area contributed by atoms with E-state index in [0.29, 0.717) is 34.0 Å². The molecule has 3 aliphatic heterocycles. The normalized spacial score (nSPS) is 18.4. The SMILES string of the molecule is O=C1OCc2c(cc3n(c2=O)Cc2c-3nc3cc4c(cc3c2CO)OCO4)[C@@H]1O. The zero-order chi connectivity index (χ0) is 19.9. The van der Waals surface area contributed by atoms with Gasteiger partial charge in [-0.15, -0.1) is 0 Å². The van der Waals surface area contributed by atoms with Crippen LogP contribution in [0.2, 0.25) is 0 Å². The summed E-state index contributed by atoms with van der Waals surface area (Å²) in [5.41, 5.74) is 3.14. The van der Waals surface area contributed by atoms with Crippen LogP contribution in [0.3, 0.4) is 0 Å². The third-order valence-electron chi connectivity index (χ3n) is 5.73. The van der Waals surface area contributed by atoms with Crippen LogP contribution in [0.5, 0.6) is 11.5 Å². The Morgan fingerprint density at radius 1 is 1.10 bits per heavy atom. The lowest BCUT2D eigenvalue weighted by molar-refractivity contribution is -0.157. The van der Waals surface area contributed by atoms with Crippen molar-refractivity contribution >= 4 is 16.9 Å². The van der Waals surface area contributed by atoms with Crippen LogP contribution in [-0.2, 0) is 29.3 Å². The van der Waals surface area contributed by atoms with Crippen molar-refractivity contribution in [2.75, 3.05) is 6.79 Å². The van der Waals surface area contributed by atoms with Crippen molar-refractivity contribution in [3.8, 4) is 22.9 Å². The zero-order valence-electron chi connectivity index (χ0n) is 15.0. The van der Waals surface area contributed by atoms with E-state index in [9.17, 15) is 19.8 Å². The first kappa shape index (κ1) is 16.5. The Kier molecular flexibility index (Phi) is 3.16. The molecule has 2 N–H and O–H groups in total. The Labute approximate surface area is 162 Å². The van der Waals surface area contributed by atoms with Gasteiger partial charge in [-0.2, -0.15) is 0 Å². The standard InChI is InChI=1S/C20H14N2O7/c23-5-11-8-2-15-16(29-7-28-15)3-13(8)21-17-10(11)4-22-14(17)1-9-12(19(22)25)6-27-20(26)18(9)24/h1-3,18,23-24H,4-7H2/t18-/m0/s1.